The summed E-state index contributed by atoms with van der Waals surface area (Å²) in [5, 5.41) is 3.82. The van der Waals surface area contributed by atoms with Crippen molar-refractivity contribution in [2.24, 2.45) is 15.8 Å². The SMILES string of the molecule is CN=C(N)NN=CCOc1ccc(C)cc1. The second-order valence-electron chi connectivity index (χ2n) is 3.16. The molecule has 0 saturated heterocycles. The maximum Gasteiger partial charge on any atom is 0.209 e. The standard InChI is InChI=1S/C11H16N4O/c1-9-3-5-10(6-4-9)16-8-7-14-15-11(12)13-2/h3-7H,8H2,1-2H3,(H3,12,13,15). The molecule has 5 nitrogen and oxygen atoms in total. The molecular formula is C11H16N4O. The van der Waals surface area contributed by atoms with Crippen LogP contribution in [0.3, 0.4) is 0 Å². The summed E-state index contributed by atoms with van der Waals surface area (Å²) in [4.78, 5) is 3.68. The Morgan fingerprint density at radius 3 is 2.75 bits per heavy atom. The van der Waals surface area contributed by atoms with Gasteiger partial charge in [-0.3, -0.25) is 4.99 Å². The third-order valence-corrected chi connectivity index (χ3v) is 1.86. The van der Waals surface area contributed by atoms with Crippen LogP contribution < -0.4 is 15.9 Å². The molecule has 0 aliphatic heterocycles. The number of aliphatic imine (C=N–C) groups is 1. The highest BCUT2D eigenvalue weighted by atomic mass is 16.5. The van der Waals surface area contributed by atoms with E-state index in [4.69, 9.17) is 10.5 Å². The van der Waals surface area contributed by atoms with Crippen molar-refractivity contribution in [1.82, 2.24) is 5.43 Å². The molecule has 0 aliphatic carbocycles. The molecular weight excluding hydrogens is 204 g/mol. The Morgan fingerprint density at radius 1 is 1.44 bits per heavy atom. The Kier molecular flexibility index (Phi) is 4.85. The van der Waals surface area contributed by atoms with Crippen LogP contribution in [0, 0.1) is 6.92 Å². The number of guanidine groups is 1. The van der Waals surface area contributed by atoms with Crippen molar-refractivity contribution in [2.45, 2.75) is 6.92 Å². The van der Waals surface area contributed by atoms with Crippen LogP contribution >= 0.6 is 0 Å². The van der Waals surface area contributed by atoms with E-state index in [-0.39, 0.29) is 5.96 Å². The molecule has 0 heterocycles. The normalized spacial score (nSPS) is 11.8. The summed E-state index contributed by atoms with van der Waals surface area (Å²) in [5.74, 6) is 1.08. The van der Waals surface area contributed by atoms with Crippen molar-refractivity contribution in [3.63, 3.8) is 0 Å². The highest BCUT2D eigenvalue weighted by molar-refractivity contribution is 5.78. The fourth-order valence-electron chi connectivity index (χ4n) is 0.967. The molecule has 1 rings (SSSR count). The summed E-state index contributed by atoms with van der Waals surface area (Å²) in [6.07, 6.45) is 1.58. The van der Waals surface area contributed by atoms with Gasteiger partial charge < -0.3 is 10.5 Å². The maximum absolute atomic E-state index is 5.41. The Bertz CT molecular complexity index is 370. The molecule has 1 aromatic rings. The lowest BCUT2D eigenvalue weighted by atomic mass is 10.2. The Balaban J connectivity index is 2.28. The predicted octanol–water partition coefficient (Wildman–Crippen LogP) is 0.894. The summed E-state index contributed by atoms with van der Waals surface area (Å²) < 4.78 is 5.41. The first kappa shape index (κ1) is 12.0. The van der Waals surface area contributed by atoms with Gasteiger partial charge in [-0.25, -0.2) is 5.43 Å². The minimum atomic E-state index is 0.270. The zero-order chi connectivity index (χ0) is 11.8. The van der Waals surface area contributed by atoms with Gasteiger partial charge in [0.25, 0.3) is 0 Å². The van der Waals surface area contributed by atoms with Crippen molar-refractivity contribution in [3.8, 4) is 5.75 Å². The lowest BCUT2D eigenvalue weighted by Gasteiger charge is -2.02. The number of hydrogen-bond donors (Lipinski definition) is 2. The first-order valence-electron chi connectivity index (χ1n) is 4.91. The molecule has 0 saturated carbocycles. The molecule has 5 heteroatoms. The van der Waals surface area contributed by atoms with E-state index in [0.717, 1.165) is 5.75 Å². The lowest BCUT2D eigenvalue weighted by molar-refractivity contribution is 0.380. The van der Waals surface area contributed by atoms with Crippen LogP contribution in [0.1, 0.15) is 5.56 Å². The Labute approximate surface area is 95.0 Å². The first-order valence-corrected chi connectivity index (χ1v) is 4.91. The van der Waals surface area contributed by atoms with Gasteiger partial charge in [-0.1, -0.05) is 17.7 Å². The minimum Gasteiger partial charge on any atom is -0.488 e. The Hall–Kier alpha value is -2.04. The smallest absolute Gasteiger partial charge is 0.209 e. The summed E-state index contributed by atoms with van der Waals surface area (Å²) in [6.45, 7) is 2.41. The van der Waals surface area contributed by atoms with E-state index in [1.54, 1.807) is 13.3 Å². The molecule has 0 atom stereocenters. The highest BCUT2D eigenvalue weighted by Crippen LogP contribution is 2.10. The van der Waals surface area contributed by atoms with Gasteiger partial charge in [-0.2, -0.15) is 5.10 Å². The molecule has 0 aliphatic rings. The van der Waals surface area contributed by atoms with E-state index in [1.165, 1.54) is 5.56 Å². The number of nitrogens with zero attached hydrogens (tertiary/aromatic N) is 2. The fraction of sp³-hybridized carbons (Fsp3) is 0.273. The molecule has 0 amide bonds. The van der Waals surface area contributed by atoms with Gasteiger partial charge in [-0.05, 0) is 19.1 Å². The van der Waals surface area contributed by atoms with Gasteiger partial charge in [0, 0.05) is 7.05 Å². The van der Waals surface area contributed by atoms with Crippen LogP contribution in [0.25, 0.3) is 0 Å². The van der Waals surface area contributed by atoms with Crippen LogP contribution in [-0.2, 0) is 0 Å². The third-order valence-electron chi connectivity index (χ3n) is 1.86. The summed E-state index contributed by atoms with van der Waals surface area (Å²) in [6, 6.07) is 7.82. The van der Waals surface area contributed by atoms with Crippen LogP contribution in [-0.4, -0.2) is 25.8 Å². The highest BCUT2D eigenvalue weighted by Gasteiger charge is 1.90. The van der Waals surface area contributed by atoms with Crippen LogP contribution in [0.15, 0.2) is 34.4 Å². The van der Waals surface area contributed by atoms with Crippen molar-refractivity contribution in [2.75, 3.05) is 13.7 Å². The minimum absolute atomic E-state index is 0.270. The van der Waals surface area contributed by atoms with Crippen molar-refractivity contribution >= 4 is 12.2 Å². The van der Waals surface area contributed by atoms with Gasteiger partial charge in [0.15, 0.2) is 0 Å². The molecule has 0 radical (unpaired) electrons. The zero-order valence-corrected chi connectivity index (χ0v) is 9.47. The largest absolute Gasteiger partial charge is 0.488 e. The summed E-state index contributed by atoms with van der Waals surface area (Å²) >= 11 is 0. The molecule has 0 bridgehead atoms. The fourth-order valence-corrected chi connectivity index (χ4v) is 0.967. The topological polar surface area (TPSA) is 72.0 Å². The van der Waals surface area contributed by atoms with E-state index < -0.39 is 0 Å². The zero-order valence-electron chi connectivity index (χ0n) is 9.47. The second-order valence-corrected chi connectivity index (χ2v) is 3.16. The molecule has 16 heavy (non-hydrogen) atoms. The van der Waals surface area contributed by atoms with Gasteiger partial charge in [0.1, 0.15) is 12.4 Å². The van der Waals surface area contributed by atoms with Crippen molar-refractivity contribution in [3.05, 3.63) is 29.8 Å². The van der Waals surface area contributed by atoms with E-state index in [9.17, 15) is 0 Å². The van der Waals surface area contributed by atoms with Crippen LogP contribution in [0.5, 0.6) is 5.75 Å². The van der Waals surface area contributed by atoms with Gasteiger partial charge in [0.05, 0.1) is 6.21 Å². The summed E-state index contributed by atoms with van der Waals surface area (Å²) in [5.41, 5.74) is 9.12. The van der Waals surface area contributed by atoms with Crippen molar-refractivity contribution < 1.29 is 4.74 Å². The monoisotopic (exact) mass is 220 g/mol. The quantitative estimate of drug-likeness (QED) is 0.450. The second kappa shape index (κ2) is 6.44. The van der Waals surface area contributed by atoms with E-state index in [2.05, 4.69) is 15.5 Å². The van der Waals surface area contributed by atoms with Crippen molar-refractivity contribution in [1.29, 1.82) is 0 Å². The van der Waals surface area contributed by atoms with E-state index >= 15 is 0 Å². The van der Waals surface area contributed by atoms with Gasteiger partial charge >= 0.3 is 0 Å². The predicted molar refractivity (Wildman–Crippen MR) is 65.8 cm³/mol. The number of nitrogens with one attached hydrogen (secondary N) is 1. The number of aryl methyl sites for hydroxylation is 1. The third kappa shape index (κ3) is 4.45. The number of rotatable bonds is 4. The lowest BCUT2D eigenvalue weighted by Crippen LogP contribution is -2.27. The number of ether oxygens (including phenoxy) is 1. The summed E-state index contributed by atoms with van der Waals surface area (Å²) in [7, 11) is 1.58. The van der Waals surface area contributed by atoms with E-state index in [0.29, 0.717) is 6.61 Å². The molecule has 0 fully saturated rings. The molecule has 0 spiro atoms. The number of benzene rings is 1. The number of nitrogens with two attached hydrogens (primary N) is 1. The molecule has 0 unspecified atom stereocenters. The number of hydrazone groups is 1. The molecule has 3 N–H and O–H groups in total. The first-order chi connectivity index (χ1) is 7.72. The van der Waals surface area contributed by atoms with Crippen LogP contribution in [0.4, 0.5) is 0 Å². The Morgan fingerprint density at radius 2 is 2.12 bits per heavy atom. The number of hydrogen-bond acceptors (Lipinski definition) is 3. The van der Waals surface area contributed by atoms with Gasteiger partial charge in [-0.15, -0.1) is 0 Å². The average molecular weight is 220 g/mol. The average Bonchev–Trinajstić information content (AvgIpc) is 2.31. The molecule has 1 aromatic carbocycles. The maximum atomic E-state index is 5.41. The molecule has 86 valence electrons. The van der Waals surface area contributed by atoms with Gasteiger partial charge in [0.2, 0.25) is 5.96 Å². The van der Waals surface area contributed by atoms with Crippen LogP contribution in [0.2, 0.25) is 0 Å². The van der Waals surface area contributed by atoms with E-state index in [1.807, 2.05) is 31.2 Å². The molecule has 0 aromatic heterocycles.